The van der Waals surface area contributed by atoms with E-state index in [1.807, 2.05) is 27.7 Å². The van der Waals surface area contributed by atoms with Gasteiger partial charge in [0.25, 0.3) is 0 Å². The normalized spacial score (nSPS) is 14.7. The van der Waals surface area contributed by atoms with Gasteiger partial charge in [-0.1, -0.05) is 19.3 Å². The molecule has 0 unspecified atom stereocenters. The Morgan fingerprint density at radius 2 is 1.76 bits per heavy atom. The van der Waals surface area contributed by atoms with Gasteiger partial charge in [0.15, 0.2) is 0 Å². The molecule has 2 amide bonds. The van der Waals surface area contributed by atoms with Gasteiger partial charge in [0.2, 0.25) is 11.8 Å². The molecule has 160 valence electrons. The van der Waals surface area contributed by atoms with Gasteiger partial charge in [0.05, 0.1) is 18.7 Å². The zero-order valence-electron chi connectivity index (χ0n) is 18.5. The summed E-state index contributed by atoms with van der Waals surface area (Å²) in [4.78, 5) is 28.5. The third-order valence-electron chi connectivity index (χ3n) is 6.00. The first-order valence-electron chi connectivity index (χ1n) is 10.7. The van der Waals surface area contributed by atoms with Crippen molar-refractivity contribution in [2.75, 3.05) is 38.5 Å². The molecule has 0 bridgehead atoms. The van der Waals surface area contributed by atoms with Gasteiger partial charge >= 0.3 is 0 Å². The van der Waals surface area contributed by atoms with Crippen LogP contribution in [0.15, 0.2) is 0 Å². The van der Waals surface area contributed by atoms with E-state index < -0.39 is 0 Å². The van der Waals surface area contributed by atoms with Gasteiger partial charge < -0.3 is 14.8 Å². The first-order valence-corrected chi connectivity index (χ1v) is 10.7. The number of amides is 2. The molecule has 1 aliphatic carbocycles. The smallest absolute Gasteiger partial charge is 0.239 e. The summed E-state index contributed by atoms with van der Waals surface area (Å²) in [6, 6.07) is 2.60. The fourth-order valence-corrected chi connectivity index (χ4v) is 4.26. The van der Waals surface area contributed by atoms with Crippen LogP contribution in [0.5, 0.6) is 0 Å². The van der Waals surface area contributed by atoms with Gasteiger partial charge in [-0.15, -0.1) is 0 Å². The van der Waals surface area contributed by atoms with E-state index in [1.54, 1.807) is 16.8 Å². The van der Waals surface area contributed by atoms with Crippen molar-refractivity contribution < 1.29 is 9.59 Å². The summed E-state index contributed by atoms with van der Waals surface area (Å²) >= 11 is 0. The Balaban J connectivity index is 2.14. The van der Waals surface area contributed by atoms with Crippen LogP contribution in [0.3, 0.4) is 0 Å². The van der Waals surface area contributed by atoms with Crippen molar-refractivity contribution in [1.82, 2.24) is 14.4 Å². The first-order chi connectivity index (χ1) is 13.8. The molecular formula is C22H35N5O2. The third-order valence-corrected chi connectivity index (χ3v) is 6.00. The molecule has 0 aromatic carbocycles. The third kappa shape index (κ3) is 5.39. The maximum absolute atomic E-state index is 12.7. The van der Waals surface area contributed by atoms with E-state index in [0.29, 0.717) is 30.5 Å². The van der Waals surface area contributed by atoms with Crippen LogP contribution in [-0.2, 0) is 9.59 Å². The summed E-state index contributed by atoms with van der Waals surface area (Å²) < 4.78 is 2.16. The Bertz CT molecular complexity index is 767. The fraction of sp³-hybridized carbons (Fsp3) is 0.682. The van der Waals surface area contributed by atoms with Crippen molar-refractivity contribution in [3.63, 3.8) is 0 Å². The second-order valence-corrected chi connectivity index (χ2v) is 7.99. The van der Waals surface area contributed by atoms with Gasteiger partial charge in [-0.3, -0.25) is 14.5 Å². The lowest BCUT2D eigenvalue weighted by Gasteiger charge is -2.27. The zero-order chi connectivity index (χ0) is 21.6. The molecule has 1 aliphatic rings. The Hall–Kier alpha value is -2.33. The van der Waals surface area contributed by atoms with Crippen LogP contribution in [-0.4, -0.2) is 59.4 Å². The van der Waals surface area contributed by atoms with Gasteiger partial charge in [0.1, 0.15) is 11.9 Å². The maximum Gasteiger partial charge on any atom is 0.239 e. The molecule has 1 N–H and O–H groups in total. The summed E-state index contributed by atoms with van der Waals surface area (Å²) in [5, 5.41) is 12.7. The highest BCUT2D eigenvalue weighted by Crippen LogP contribution is 2.36. The van der Waals surface area contributed by atoms with Gasteiger partial charge in [-0.05, 0) is 53.1 Å². The fourth-order valence-electron chi connectivity index (χ4n) is 4.26. The van der Waals surface area contributed by atoms with Crippen LogP contribution in [0, 0.1) is 25.2 Å². The number of nitriles is 1. The molecule has 29 heavy (non-hydrogen) atoms. The number of nitrogens with zero attached hydrogens (tertiary/aromatic N) is 4. The average molecular weight is 402 g/mol. The van der Waals surface area contributed by atoms with Crippen LogP contribution in [0.1, 0.15) is 68.8 Å². The summed E-state index contributed by atoms with van der Waals surface area (Å²) in [5.74, 6) is 0.425. The van der Waals surface area contributed by atoms with Crippen molar-refractivity contribution in [3.8, 4) is 6.07 Å². The number of rotatable bonds is 8. The maximum atomic E-state index is 12.7. The standard InChI is InChI=1S/C22H35N5O2/c1-6-26(7-2)21(29)15-25(5)14-20(28)24-22-19(13-23)16(3)17(4)27(22)18-11-9-8-10-12-18/h18H,6-12,14-15H2,1-5H3,(H,24,28). The van der Waals surface area contributed by atoms with E-state index in [-0.39, 0.29) is 24.9 Å². The lowest BCUT2D eigenvalue weighted by atomic mass is 9.95. The number of hydrogen-bond donors (Lipinski definition) is 1. The van der Waals surface area contributed by atoms with E-state index >= 15 is 0 Å². The number of carbonyl (C=O) groups excluding carboxylic acids is 2. The van der Waals surface area contributed by atoms with Crippen LogP contribution >= 0.6 is 0 Å². The summed E-state index contributed by atoms with van der Waals surface area (Å²) in [6.07, 6.45) is 5.73. The van der Waals surface area contributed by atoms with E-state index in [4.69, 9.17) is 0 Å². The molecule has 1 fully saturated rings. The van der Waals surface area contributed by atoms with Crippen molar-refractivity contribution in [2.24, 2.45) is 0 Å². The lowest BCUT2D eigenvalue weighted by molar-refractivity contribution is -0.132. The molecule has 0 spiro atoms. The highest BCUT2D eigenvalue weighted by molar-refractivity contribution is 5.93. The number of carbonyl (C=O) groups is 2. The molecule has 1 heterocycles. The molecule has 7 nitrogen and oxygen atoms in total. The Kier molecular flexibility index (Phi) is 8.27. The Labute approximate surface area is 174 Å². The monoisotopic (exact) mass is 401 g/mol. The Morgan fingerprint density at radius 3 is 2.31 bits per heavy atom. The minimum Gasteiger partial charge on any atom is -0.342 e. The number of likely N-dealkylation sites (N-methyl/N-ethyl adjacent to an activating group) is 2. The topological polar surface area (TPSA) is 81.4 Å². The molecular weight excluding hydrogens is 366 g/mol. The number of hydrogen-bond acceptors (Lipinski definition) is 4. The van der Waals surface area contributed by atoms with E-state index in [9.17, 15) is 14.9 Å². The average Bonchev–Trinajstić information content (AvgIpc) is 2.92. The SMILES string of the molecule is CCN(CC)C(=O)CN(C)CC(=O)Nc1c(C#N)c(C)c(C)n1C1CCCCC1. The molecule has 0 radical (unpaired) electrons. The van der Waals surface area contributed by atoms with Crippen molar-refractivity contribution in [1.29, 1.82) is 5.26 Å². The van der Waals surface area contributed by atoms with Gasteiger partial charge in [-0.25, -0.2) is 0 Å². The number of anilines is 1. The zero-order valence-corrected chi connectivity index (χ0v) is 18.5. The van der Waals surface area contributed by atoms with Gasteiger partial charge in [-0.2, -0.15) is 5.26 Å². The van der Waals surface area contributed by atoms with Crippen molar-refractivity contribution >= 4 is 17.6 Å². The van der Waals surface area contributed by atoms with E-state index in [0.717, 1.165) is 24.1 Å². The quantitative estimate of drug-likeness (QED) is 0.725. The highest BCUT2D eigenvalue weighted by atomic mass is 16.2. The minimum absolute atomic E-state index is 0.0142. The predicted octanol–water partition coefficient (Wildman–Crippen LogP) is 3.22. The largest absolute Gasteiger partial charge is 0.342 e. The summed E-state index contributed by atoms with van der Waals surface area (Å²) in [7, 11) is 1.77. The predicted molar refractivity (Wildman–Crippen MR) is 115 cm³/mol. The first kappa shape index (κ1) is 23.0. The van der Waals surface area contributed by atoms with Crippen LogP contribution < -0.4 is 5.32 Å². The number of aromatic nitrogens is 1. The molecule has 0 atom stereocenters. The van der Waals surface area contributed by atoms with Crippen LogP contribution in [0.25, 0.3) is 0 Å². The second-order valence-electron chi connectivity index (χ2n) is 7.99. The van der Waals surface area contributed by atoms with E-state index in [2.05, 4.69) is 16.0 Å². The Morgan fingerprint density at radius 1 is 1.14 bits per heavy atom. The summed E-state index contributed by atoms with van der Waals surface area (Å²) in [5.41, 5.74) is 2.52. The molecule has 1 aromatic heterocycles. The number of nitrogens with one attached hydrogen (secondary N) is 1. The highest BCUT2D eigenvalue weighted by Gasteiger charge is 2.26. The lowest BCUT2D eigenvalue weighted by Crippen LogP contribution is -2.41. The van der Waals surface area contributed by atoms with Crippen molar-refractivity contribution in [3.05, 3.63) is 16.8 Å². The van der Waals surface area contributed by atoms with E-state index in [1.165, 1.54) is 19.3 Å². The van der Waals surface area contributed by atoms with Gasteiger partial charge in [0, 0.05) is 24.8 Å². The summed E-state index contributed by atoms with van der Waals surface area (Å²) in [6.45, 7) is 9.48. The molecule has 1 saturated carbocycles. The van der Waals surface area contributed by atoms with Crippen LogP contribution in [0.2, 0.25) is 0 Å². The van der Waals surface area contributed by atoms with Crippen molar-refractivity contribution in [2.45, 2.75) is 65.8 Å². The molecule has 1 aromatic rings. The molecule has 0 saturated heterocycles. The molecule has 0 aliphatic heterocycles. The second kappa shape index (κ2) is 10.4. The van der Waals surface area contributed by atoms with Crippen LogP contribution in [0.4, 0.5) is 5.82 Å². The minimum atomic E-state index is -0.203. The molecule has 7 heteroatoms. The molecule has 2 rings (SSSR count).